The molecule has 4 nitrogen and oxygen atoms in total. The molecule has 0 saturated heterocycles. The van der Waals surface area contributed by atoms with Crippen LogP contribution in [0, 0.1) is 0 Å². The minimum Gasteiger partial charge on any atom is -0.497 e. The Hall–Kier alpha value is -2.23. The van der Waals surface area contributed by atoms with Gasteiger partial charge in [-0.25, -0.2) is 0 Å². The van der Waals surface area contributed by atoms with Gasteiger partial charge in [0.05, 0.1) is 7.11 Å². The first-order chi connectivity index (χ1) is 8.24. The van der Waals surface area contributed by atoms with Crippen LogP contribution in [0.2, 0.25) is 0 Å². The molecule has 0 aliphatic heterocycles. The van der Waals surface area contributed by atoms with Crippen molar-refractivity contribution in [3.8, 4) is 17.1 Å². The van der Waals surface area contributed by atoms with Crippen molar-refractivity contribution in [2.75, 3.05) is 14.2 Å². The molecule has 1 aromatic carbocycles. The summed E-state index contributed by atoms with van der Waals surface area (Å²) < 4.78 is 10.6. The molecular weight excluding hydrogens is 218 g/mol. The SMILES string of the molecule is CNC(=O)c1ccc(-c2cccc(OC)c2)o1. The van der Waals surface area contributed by atoms with Crippen LogP contribution in [0.15, 0.2) is 40.8 Å². The third-order valence-electron chi connectivity index (χ3n) is 2.41. The van der Waals surface area contributed by atoms with Gasteiger partial charge in [-0.3, -0.25) is 4.79 Å². The van der Waals surface area contributed by atoms with E-state index < -0.39 is 0 Å². The Labute approximate surface area is 99.2 Å². The fourth-order valence-corrected chi connectivity index (χ4v) is 1.51. The lowest BCUT2D eigenvalue weighted by molar-refractivity contribution is 0.0936. The fraction of sp³-hybridized carbons (Fsp3) is 0.154. The van der Waals surface area contributed by atoms with Crippen molar-refractivity contribution in [3.63, 3.8) is 0 Å². The summed E-state index contributed by atoms with van der Waals surface area (Å²) in [5.74, 6) is 1.45. The smallest absolute Gasteiger partial charge is 0.286 e. The van der Waals surface area contributed by atoms with Crippen LogP contribution in [0.1, 0.15) is 10.6 Å². The maximum atomic E-state index is 11.4. The highest BCUT2D eigenvalue weighted by Crippen LogP contribution is 2.25. The van der Waals surface area contributed by atoms with Gasteiger partial charge in [-0.05, 0) is 24.3 Å². The largest absolute Gasteiger partial charge is 0.497 e. The van der Waals surface area contributed by atoms with Crippen LogP contribution < -0.4 is 10.1 Å². The van der Waals surface area contributed by atoms with Crippen molar-refractivity contribution in [1.82, 2.24) is 5.32 Å². The highest BCUT2D eigenvalue weighted by molar-refractivity contribution is 5.91. The van der Waals surface area contributed by atoms with Crippen molar-refractivity contribution in [2.24, 2.45) is 0 Å². The van der Waals surface area contributed by atoms with Gasteiger partial charge in [0.2, 0.25) is 0 Å². The summed E-state index contributed by atoms with van der Waals surface area (Å²) in [6.45, 7) is 0. The minimum absolute atomic E-state index is 0.237. The molecule has 0 spiro atoms. The van der Waals surface area contributed by atoms with Crippen molar-refractivity contribution in [2.45, 2.75) is 0 Å². The van der Waals surface area contributed by atoms with E-state index in [0.29, 0.717) is 11.5 Å². The number of carbonyl (C=O) groups is 1. The molecular formula is C13H13NO3. The number of amides is 1. The molecule has 0 atom stereocenters. The highest BCUT2D eigenvalue weighted by atomic mass is 16.5. The number of furan rings is 1. The van der Waals surface area contributed by atoms with Crippen LogP contribution in [0.4, 0.5) is 0 Å². The van der Waals surface area contributed by atoms with E-state index in [9.17, 15) is 4.79 Å². The lowest BCUT2D eigenvalue weighted by Gasteiger charge is -2.01. The van der Waals surface area contributed by atoms with Crippen molar-refractivity contribution in [3.05, 3.63) is 42.2 Å². The number of hydrogen-bond acceptors (Lipinski definition) is 3. The summed E-state index contributed by atoms with van der Waals surface area (Å²) in [5, 5.41) is 2.51. The summed E-state index contributed by atoms with van der Waals surface area (Å²) in [7, 11) is 3.17. The monoisotopic (exact) mass is 231 g/mol. The van der Waals surface area contributed by atoms with Gasteiger partial charge >= 0.3 is 0 Å². The topological polar surface area (TPSA) is 51.5 Å². The highest BCUT2D eigenvalue weighted by Gasteiger charge is 2.10. The first-order valence-electron chi connectivity index (χ1n) is 5.21. The molecule has 2 rings (SSSR count). The van der Waals surface area contributed by atoms with Gasteiger partial charge in [-0.2, -0.15) is 0 Å². The second kappa shape index (κ2) is 4.74. The van der Waals surface area contributed by atoms with Crippen molar-refractivity contribution >= 4 is 5.91 Å². The molecule has 0 saturated carbocycles. The fourth-order valence-electron chi connectivity index (χ4n) is 1.51. The first-order valence-corrected chi connectivity index (χ1v) is 5.21. The third-order valence-corrected chi connectivity index (χ3v) is 2.41. The molecule has 1 amide bonds. The van der Waals surface area contributed by atoms with Crippen LogP contribution in [-0.2, 0) is 0 Å². The van der Waals surface area contributed by atoms with Gasteiger partial charge in [0.15, 0.2) is 5.76 Å². The Bertz CT molecular complexity index is 531. The minimum atomic E-state index is -0.237. The predicted octanol–water partition coefficient (Wildman–Crippen LogP) is 2.31. The molecule has 1 N–H and O–H groups in total. The maximum absolute atomic E-state index is 11.4. The Morgan fingerprint density at radius 1 is 1.29 bits per heavy atom. The number of hydrogen-bond donors (Lipinski definition) is 1. The molecule has 1 heterocycles. The van der Waals surface area contributed by atoms with E-state index in [1.165, 1.54) is 0 Å². The lowest BCUT2D eigenvalue weighted by atomic mass is 10.2. The zero-order valence-electron chi connectivity index (χ0n) is 9.69. The first kappa shape index (κ1) is 11.3. The van der Waals surface area contributed by atoms with Gasteiger partial charge in [-0.15, -0.1) is 0 Å². The van der Waals surface area contributed by atoms with Gasteiger partial charge in [-0.1, -0.05) is 12.1 Å². The number of benzene rings is 1. The Morgan fingerprint density at radius 2 is 2.12 bits per heavy atom. The van der Waals surface area contributed by atoms with Crippen LogP contribution >= 0.6 is 0 Å². The average molecular weight is 231 g/mol. The number of nitrogens with one attached hydrogen (secondary N) is 1. The summed E-state index contributed by atoms with van der Waals surface area (Å²) in [6.07, 6.45) is 0. The Kier molecular flexibility index (Phi) is 3.14. The maximum Gasteiger partial charge on any atom is 0.286 e. The van der Waals surface area contributed by atoms with E-state index in [0.717, 1.165) is 11.3 Å². The van der Waals surface area contributed by atoms with E-state index in [1.807, 2.05) is 24.3 Å². The van der Waals surface area contributed by atoms with Crippen LogP contribution in [0.3, 0.4) is 0 Å². The van der Waals surface area contributed by atoms with Gasteiger partial charge in [0.25, 0.3) is 5.91 Å². The van der Waals surface area contributed by atoms with Crippen LogP contribution in [0.5, 0.6) is 5.75 Å². The summed E-state index contributed by atoms with van der Waals surface area (Å²) >= 11 is 0. The zero-order chi connectivity index (χ0) is 12.3. The second-order valence-corrected chi connectivity index (χ2v) is 3.47. The molecule has 0 radical (unpaired) electrons. The second-order valence-electron chi connectivity index (χ2n) is 3.47. The summed E-state index contributed by atoms with van der Waals surface area (Å²) in [5.41, 5.74) is 0.875. The summed E-state index contributed by atoms with van der Waals surface area (Å²) in [6, 6.07) is 10.9. The zero-order valence-corrected chi connectivity index (χ0v) is 9.69. The number of carbonyl (C=O) groups excluding carboxylic acids is 1. The normalized spacial score (nSPS) is 10.0. The van der Waals surface area contributed by atoms with Crippen molar-refractivity contribution in [1.29, 1.82) is 0 Å². The van der Waals surface area contributed by atoms with E-state index in [1.54, 1.807) is 26.3 Å². The van der Waals surface area contributed by atoms with Gasteiger partial charge < -0.3 is 14.5 Å². The standard InChI is InChI=1S/C13H13NO3/c1-14-13(15)12-7-6-11(17-12)9-4-3-5-10(8-9)16-2/h3-8H,1-2H3,(H,14,15). The Morgan fingerprint density at radius 3 is 2.82 bits per heavy atom. The van der Waals surface area contributed by atoms with Gasteiger partial charge in [0.1, 0.15) is 11.5 Å². The number of methoxy groups -OCH3 is 1. The van der Waals surface area contributed by atoms with Crippen LogP contribution in [-0.4, -0.2) is 20.1 Å². The Balaban J connectivity index is 2.33. The molecule has 0 unspecified atom stereocenters. The molecule has 1 aromatic heterocycles. The van der Waals surface area contributed by atoms with E-state index in [-0.39, 0.29) is 5.91 Å². The summed E-state index contributed by atoms with van der Waals surface area (Å²) in [4.78, 5) is 11.4. The molecule has 0 aliphatic carbocycles. The molecule has 0 bridgehead atoms. The number of rotatable bonds is 3. The predicted molar refractivity (Wildman–Crippen MR) is 64.1 cm³/mol. The molecule has 0 fully saturated rings. The molecule has 4 heteroatoms. The van der Waals surface area contributed by atoms with E-state index in [4.69, 9.17) is 9.15 Å². The van der Waals surface area contributed by atoms with E-state index in [2.05, 4.69) is 5.32 Å². The van der Waals surface area contributed by atoms with Crippen LogP contribution in [0.25, 0.3) is 11.3 Å². The third kappa shape index (κ3) is 2.30. The molecule has 88 valence electrons. The lowest BCUT2D eigenvalue weighted by Crippen LogP contribution is -2.16. The average Bonchev–Trinajstić information content (AvgIpc) is 2.87. The van der Waals surface area contributed by atoms with Gasteiger partial charge in [0, 0.05) is 12.6 Å². The molecule has 2 aromatic rings. The van der Waals surface area contributed by atoms with Crippen molar-refractivity contribution < 1.29 is 13.9 Å². The molecule has 0 aliphatic rings. The van der Waals surface area contributed by atoms with E-state index >= 15 is 0 Å². The number of ether oxygens (including phenoxy) is 1. The molecule has 17 heavy (non-hydrogen) atoms. The quantitative estimate of drug-likeness (QED) is 0.881.